The smallest absolute Gasteiger partial charge is 0.332 e. The molecule has 1 aromatic carbocycles. The van der Waals surface area contributed by atoms with Crippen LogP contribution in [0.3, 0.4) is 0 Å². The van der Waals surface area contributed by atoms with Gasteiger partial charge >= 0.3 is 5.69 Å². The van der Waals surface area contributed by atoms with Gasteiger partial charge in [0.05, 0.1) is 6.61 Å². The number of nitrogens with zero attached hydrogens (tertiary/aromatic N) is 3. The number of hydrogen-bond donors (Lipinski definition) is 1. The van der Waals surface area contributed by atoms with Crippen LogP contribution in [-0.4, -0.2) is 26.6 Å². The van der Waals surface area contributed by atoms with E-state index < -0.39 is 23.7 Å². The van der Waals surface area contributed by atoms with Gasteiger partial charge < -0.3 is 10.1 Å². The van der Waals surface area contributed by atoms with Crippen LogP contribution in [0, 0.1) is 6.92 Å². The van der Waals surface area contributed by atoms with Gasteiger partial charge in [0.15, 0.2) is 5.65 Å². The normalized spacial score (nSPS) is 10.9. The summed E-state index contributed by atoms with van der Waals surface area (Å²) in [5.74, 6) is -0.0518. The first-order valence-corrected chi connectivity index (χ1v) is 9.48. The predicted octanol–water partition coefficient (Wildman–Crippen LogP) is 2.00. The number of benzene rings is 1. The molecule has 0 aliphatic carbocycles. The Morgan fingerprint density at radius 3 is 2.59 bits per heavy atom. The Bertz CT molecular complexity index is 1190. The first-order valence-electron chi connectivity index (χ1n) is 9.48. The molecule has 2 aromatic heterocycles. The van der Waals surface area contributed by atoms with Crippen molar-refractivity contribution >= 4 is 22.6 Å². The second kappa shape index (κ2) is 8.30. The Morgan fingerprint density at radius 1 is 1.21 bits per heavy atom. The number of hydrogen-bond acceptors (Lipinski definition) is 5. The fourth-order valence-electron chi connectivity index (χ4n) is 3.21. The molecule has 1 amide bonds. The van der Waals surface area contributed by atoms with Crippen molar-refractivity contribution in [1.29, 1.82) is 0 Å². The Labute approximate surface area is 167 Å². The van der Waals surface area contributed by atoms with E-state index in [0.717, 1.165) is 15.7 Å². The number of pyridine rings is 1. The van der Waals surface area contributed by atoms with Gasteiger partial charge in [0.2, 0.25) is 5.91 Å². The van der Waals surface area contributed by atoms with Gasteiger partial charge in [0.25, 0.3) is 5.56 Å². The third-order valence-electron chi connectivity index (χ3n) is 4.77. The molecule has 0 spiro atoms. The molecule has 3 rings (SSSR count). The summed E-state index contributed by atoms with van der Waals surface area (Å²) in [4.78, 5) is 42.8. The fraction of sp³-hybridized carbons (Fsp3) is 0.333. The molecular weight excluding hydrogens is 372 g/mol. The SMILES string of the molecule is CCOc1c(CC)cnc2c1c(=O)n(CC(=O)Nc1ccccc1C)c(=O)n2C. The minimum Gasteiger partial charge on any atom is -0.493 e. The molecule has 0 aliphatic heterocycles. The summed E-state index contributed by atoms with van der Waals surface area (Å²) in [6, 6.07) is 7.29. The minimum atomic E-state index is -0.610. The maximum absolute atomic E-state index is 13.2. The van der Waals surface area contributed by atoms with Gasteiger partial charge in [-0.1, -0.05) is 25.1 Å². The minimum absolute atomic E-state index is 0.206. The summed E-state index contributed by atoms with van der Waals surface area (Å²) in [6.45, 7) is 5.58. The van der Waals surface area contributed by atoms with Crippen LogP contribution in [0.1, 0.15) is 25.0 Å². The number of para-hydroxylation sites is 1. The Kier molecular flexibility index (Phi) is 5.81. The second-order valence-electron chi connectivity index (χ2n) is 6.69. The monoisotopic (exact) mass is 396 g/mol. The van der Waals surface area contributed by atoms with E-state index in [4.69, 9.17) is 4.74 Å². The number of ether oxygens (including phenoxy) is 1. The van der Waals surface area contributed by atoms with Crippen molar-refractivity contribution in [2.24, 2.45) is 7.05 Å². The van der Waals surface area contributed by atoms with Gasteiger partial charge in [-0.25, -0.2) is 14.3 Å². The molecule has 1 N–H and O–H groups in total. The van der Waals surface area contributed by atoms with Crippen molar-refractivity contribution in [1.82, 2.24) is 14.1 Å². The summed E-state index contributed by atoms with van der Waals surface area (Å²) < 4.78 is 7.90. The maximum Gasteiger partial charge on any atom is 0.332 e. The van der Waals surface area contributed by atoms with E-state index in [1.165, 1.54) is 11.6 Å². The van der Waals surface area contributed by atoms with Crippen molar-refractivity contribution in [2.45, 2.75) is 33.7 Å². The third kappa shape index (κ3) is 3.78. The highest BCUT2D eigenvalue weighted by molar-refractivity contribution is 5.91. The van der Waals surface area contributed by atoms with Crippen molar-refractivity contribution in [3.63, 3.8) is 0 Å². The van der Waals surface area contributed by atoms with Gasteiger partial charge in [0.1, 0.15) is 17.7 Å². The fourth-order valence-corrected chi connectivity index (χ4v) is 3.21. The van der Waals surface area contributed by atoms with E-state index in [2.05, 4.69) is 10.3 Å². The highest BCUT2D eigenvalue weighted by Crippen LogP contribution is 2.25. The van der Waals surface area contributed by atoms with Gasteiger partial charge in [-0.15, -0.1) is 0 Å². The number of aromatic nitrogens is 3. The number of carbonyl (C=O) groups excluding carboxylic acids is 1. The number of rotatable bonds is 6. The van der Waals surface area contributed by atoms with Crippen LogP contribution in [-0.2, 0) is 24.8 Å². The lowest BCUT2D eigenvalue weighted by Crippen LogP contribution is -2.42. The molecule has 0 radical (unpaired) electrons. The van der Waals surface area contributed by atoms with Crippen LogP contribution in [0.5, 0.6) is 5.75 Å². The summed E-state index contributed by atoms with van der Waals surface area (Å²) in [5, 5.41) is 2.95. The summed E-state index contributed by atoms with van der Waals surface area (Å²) >= 11 is 0. The average molecular weight is 396 g/mol. The zero-order valence-corrected chi connectivity index (χ0v) is 17.0. The van der Waals surface area contributed by atoms with Gasteiger partial charge in [0, 0.05) is 24.5 Å². The van der Waals surface area contributed by atoms with E-state index in [0.29, 0.717) is 24.5 Å². The van der Waals surface area contributed by atoms with E-state index in [1.54, 1.807) is 18.3 Å². The summed E-state index contributed by atoms with van der Waals surface area (Å²) in [6.07, 6.45) is 2.23. The highest BCUT2D eigenvalue weighted by Gasteiger charge is 2.20. The van der Waals surface area contributed by atoms with Crippen molar-refractivity contribution in [2.75, 3.05) is 11.9 Å². The molecule has 0 bridgehead atoms. The zero-order chi connectivity index (χ0) is 21.1. The molecule has 0 saturated heterocycles. The first-order chi connectivity index (χ1) is 13.9. The van der Waals surface area contributed by atoms with Crippen LogP contribution in [0.4, 0.5) is 5.69 Å². The third-order valence-corrected chi connectivity index (χ3v) is 4.77. The van der Waals surface area contributed by atoms with E-state index >= 15 is 0 Å². The zero-order valence-electron chi connectivity index (χ0n) is 17.0. The second-order valence-corrected chi connectivity index (χ2v) is 6.69. The molecule has 0 fully saturated rings. The molecule has 0 aliphatic rings. The standard InChI is InChI=1S/C21H24N4O4/c1-5-14-11-22-19-17(18(14)29-6-2)20(27)25(21(28)24(19)4)12-16(26)23-15-10-8-7-9-13(15)3/h7-11H,5-6,12H2,1-4H3,(H,23,26). The molecule has 0 unspecified atom stereocenters. The summed E-state index contributed by atoms with van der Waals surface area (Å²) in [7, 11) is 1.52. The lowest BCUT2D eigenvalue weighted by atomic mass is 10.1. The molecule has 0 saturated carbocycles. The molecule has 8 nitrogen and oxygen atoms in total. The number of carbonyl (C=O) groups is 1. The van der Waals surface area contributed by atoms with E-state index in [9.17, 15) is 14.4 Å². The number of nitrogens with one attached hydrogen (secondary N) is 1. The molecule has 2 heterocycles. The maximum atomic E-state index is 13.2. The van der Waals surface area contributed by atoms with Crippen LogP contribution in [0.15, 0.2) is 40.1 Å². The Hall–Kier alpha value is -3.42. The first kappa shape index (κ1) is 20.3. The lowest BCUT2D eigenvalue weighted by Gasteiger charge is -2.15. The number of fused-ring (bicyclic) bond motifs is 1. The van der Waals surface area contributed by atoms with Gasteiger partial charge in [-0.2, -0.15) is 0 Å². The number of anilines is 1. The van der Waals surface area contributed by atoms with Gasteiger partial charge in [-0.3, -0.25) is 14.2 Å². The summed E-state index contributed by atoms with van der Waals surface area (Å²) in [5.41, 5.74) is 1.32. The molecular formula is C21H24N4O4. The largest absolute Gasteiger partial charge is 0.493 e. The van der Waals surface area contributed by atoms with Gasteiger partial charge in [-0.05, 0) is 31.9 Å². The van der Waals surface area contributed by atoms with Crippen molar-refractivity contribution in [3.8, 4) is 5.75 Å². The number of aryl methyl sites for hydroxylation is 3. The number of amides is 1. The van der Waals surface area contributed by atoms with Crippen molar-refractivity contribution < 1.29 is 9.53 Å². The van der Waals surface area contributed by atoms with Crippen LogP contribution in [0.2, 0.25) is 0 Å². The average Bonchev–Trinajstić information content (AvgIpc) is 2.71. The van der Waals surface area contributed by atoms with Crippen LogP contribution in [0.25, 0.3) is 11.0 Å². The Morgan fingerprint density at radius 2 is 1.93 bits per heavy atom. The molecule has 8 heteroatoms. The molecule has 152 valence electrons. The molecule has 29 heavy (non-hydrogen) atoms. The molecule has 3 aromatic rings. The van der Waals surface area contributed by atoms with Crippen LogP contribution >= 0.6 is 0 Å². The quantitative estimate of drug-likeness (QED) is 0.688. The van der Waals surface area contributed by atoms with Crippen molar-refractivity contribution in [3.05, 3.63) is 62.4 Å². The predicted molar refractivity (Wildman–Crippen MR) is 112 cm³/mol. The topological polar surface area (TPSA) is 95.2 Å². The Balaban J connectivity index is 2.12. The van der Waals surface area contributed by atoms with E-state index in [-0.39, 0.29) is 11.0 Å². The molecule has 0 atom stereocenters. The highest BCUT2D eigenvalue weighted by atomic mass is 16.5. The van der Waals surface area contributed by atoms with Crippen LogP contribution < -0.4 is 21.3 Å². The van der Waals surface area contributed by atoms with E-state index in [1.807, 2.05) is 32.9 Å². The lowest BCUT2D eigenvalue weighted by molar-refractivity contribution is -0.116.